The van der Waals surface area contributed by atoms with E-state index in [1.807, 2.05) is 44.2 Å². The first-order chi connectivity index (χ1) is 12.0. The summed E-state index contributed by atoms with van der Waals surface area (Å²) in [5.41, 5.74) is 2.40. The van der Waals surface area contributed by atoms with Crippen LogP contribution in [-0.2, 0) is 20.9 Å². The molecule has 0 aliphatic rings. The smallest absolute Gasteiger partial charge is 0.250 e. The Morgan fingerprint density at radius 2 is 1.44 bits per heavy atom. The van der Waals surface area contributed by atoms with Crippen LogP contribution in [0.15, 0.2) is 54.6 Å². The zero-order chi connectivity index (χ0) is 18.1. The third kappa shape index (κ3) is 7.18. The lowest BCUT2D eigenvalue weighted by molar-refractivity contribution is -0.121. The Morgan fingerprint density at radius 3 is 2.00 bits per heavy atom. The minimum absolute atomic E-state index is 0.0121. The van der Waals surface area contributed by atoms with Crippen molar-refractivity contribution in [3.05, 3.63) is 60.2 Å². The number of benzene rings is 2. The summed E-state index contributed by atoms with van der Waals surface area (Å²) in [5.74, 6) is 0.0862. The van der Waals surface area contributed by atoms with Gasteiger partial charge in [0.25, 0.3) is 0 Å². The highest BCUT2D eigenvalue weighted by molar-refractivity contribution is 5.93. The van der Waals surface area contributed by atoms with Crippen molar-refractivity contribution in [2.45, 2.75) is 26.9 Å². The fourth-order valence-electron chi connectivity index (χ4n) is 2.25. The zero-order valence-electron chi connectivity index (χ0n) is 14.6. The number of hydrogen-bond donors (Lipinski definition) is 2. The normalized spacial score (nSPS) is 10.5. The lowest BCUT2D eigenvalue weighted by Crippen LogP contribution is -2.18. The Hall–Kier alpha value is -2.66. The van der Waals surface area contributed by atoms with Crippen LogP contribution in [0.3, 0.4) is 0 Å². The van der Waals surface area contributed by atoms with E-state index >= 15 is 0 Å². The SMILES string of the molecule is CC(C)CC(=O)Nc1ccc(NC(=O)COCc2ccccc2)cc1. The minimum atomic E-state index is -0.215. The summed E-state index contributed by atoms with van der Waals surface area (Å²) in [6, 6.07) is 16.7. The van der Waals surface area contributed by atoms with Crippen molar-refractivity contribution in [2.75, 3.05) is 17.2 Å². The van der Waals surface area contributed by atoms with E-state index in [2.05, 4.69) is 10.6 Å². The van der Waals surface area contributed by atoms with Crippen molar-refractivity contribution in [3.63, 3.8) is 0 Å². The third-order valence-electron chi connectivity index (χ3n) is 3.39. The molecule has 0 fully saturated rings. The average Bonchev–Trinajstić information content (AvgIpc) is 2.57. The summed E-state index contributed by atoms with van der Waals surface area (Å²) in [5, 5.41) is 5.59. The van der Waals surface area contributed by atoms with Crippen molar-refractivity contribution in [1.29, 1.82) is 0 Å². The predicted octanol–water partition coefficient (Wildman–Crippen LogP) is 3.83. The summed E-state index contributed by atoms with van der Waals surface area (Å²) in [6.45, 7) is 4.38. The second-order valence-corrected chi connectivity index (χ2v) is 6.25. The van der Waals surface area contributed by atoms with Crippen LogP contribution in [0.25, 0.3) is 0 Å². The van der Waals surface area contributed by atoms with Gasteiger partial charge in [0.15, 0.2) is 0 Å². The van der Waals surface area contributed by atoms with Gasteiger partial charge in [0.2, 0.25) is 11.8 Å². The molecule has 0 heterocycles. The van der Waals surface area contributed by atoms with Gasteiger partial charge >= 0.3 is 0 Å². The van der Waals surface area contributed by atoms with E-state index in [9.17, 15) is 9.59 Å². The highest BCUT2D eigenvalue weighted by atomic mass is 16.5. The molecule has 0 spiro atoms. The fourth-order valence-corrected chi connectivity index (χ4v) is 2.25. The second kappa shape index (κ2) is 9.59. The lowest BCUT2D eigenvalue weighted by Gasteiger charge is -2.09. The summed E-state index contributed by atoms with van der Waals surface area (Å²) >= 11 is 0. The van der Waals surface area contributed by atoms with Gasteiger partial charge in [0, 0.05) is 17.8 Å². The molecule has 132 valence electrons. The summed E-state index contributed by atoms with van der Waals surface area (Å²) in [6.07, 6.45) is 0.483. The quantitative estimate of drug-likeness (QED) is 0.767. The van der Waals surface area contributed by atoms with Gasteiger partial charge in [-0.25, -0.2) is 0 Å². The van der Waals surface area contributed by atoms with Gasteiger partial charge in [-0.1, -0.05) is 44.2 Å². The highest BCUT2D eigenvalue weighted by Gasteiger charge is 2.06. The first-order valence-electron chi connectivity index (χ1n) is 8.34. The first kappa shape index (κ1) is 18.7. The third-order valence-corrected chi connectivity index (χ3v) is 3.39. The number of hydrogen-bond acceptors (Lipinski definition) is 3. The molecule has 0 saturated heterocycles. The van der Waals surface area contributed by atoms with Gasteiger partial charge in [-0.3, -0.25) is 9.59 Å². The number of rotatable bonds is 8. The maximum atomic E-state index is 11.9. The molecule has 2 amide bonds. The van der Waals surface area contributed by atoms with Gasteiger partial charge in [-0.2, -0.15) is 0 Å². The van der Waals surface area contributed by atoms with E-state index in [1.165, 1.54) is 0 Å². The van der Waals surface area contributed by atoms with E-state index in [0.29, 0.717) is 30.3 Å². The molecule has 0 radical (unpaired) electrons. The summed E-state index contributed by atoms with van der Waals surface area (Å²) in [4.78, 5) is 23.6. The van der Waals surface area contributed by atoms with Gasteiger partial charge in [-0.05, 0) is 35.7 Å². The molecule has 0 aliphatic heterocycles. The second-order valence-electron chi connectivity index (χ2n) is 6.25. The molecule has 2 N–H and O–H groups in total. The molecule has 0 aliphatic carbocycles. The van der Waals surface area contributed by atoms with Crippen LogP contribution in [-0.4, -0.2) is 18.4 Å². The molecular weight excluding hydrogens is 316 g/mol. The molecule has 5 nitrogen and oxygen atoms in total. The van der Waals surface area contributed by atoms with Crippen molar-refractivity contribution in [3.8, 4) is 0 Å². The molecule has 25 heavy (non-hydrogen) atoms. The summed E-state index contributed by atoms with van der Waals surface area (Å²) in [7, 11) is 0. The molecule has 0 bridgehead atoms. The lowest BCUT2D eigenvalue weighted by atomic mass is 10.1. The number of anilines is 2. The summed E-state index contributed by atoms with van der Waals surface area (Å²) < 4.78 is 5.40. The maximum Gasteiger partial charge on any atom is 0.250 e. The Balaban J connectivity index is 1.74. The number of carbonyl (C=O) groups excluding carboxylic acids is 2. The number of nitrogens with one attached hydrogen (secondary N) is 2. The van der Waals surface area contributed by atoms with Gasteiger partial charge < -0.3 is 15.4 Å². The van der Waals surface area contributed by atoms with Crippen molar-refractivity contribution >= 4 is 23.2 Å². The number of ether oxygens (including phenoxy) is 1. The molecule has 0 unspecified atom stereocenters. The van der Waals surface area contributed by atoms with Gasteiger partial charge in [0.1, 0.15) is 6.61 Å². The number of amides is 2. The molecule has 0 atom stereocenters. The Labute approximate surface area is 148 Å². The van der Waals surface area contributed by atoms with E-state index in [-0.39, 0.29) is 18.4 Å². The molecule has 5 heteroatoms. The van der Waals surface area contributed by atoms with Crippen LogP contribution in [0.1, 0.15) is 25.8 Å². The van der Waals surface area contributed by atoms with Crippen LogP contribution in [0.4, 0.5) is 11.4 Å². The maximum absolute atomic E-state index is 11.9. The number of carbonyl (C=O) groups is 2. The average molecular weight is 340 g/mol. The van der Waals surface area contributed by atoms with E-state index in [1.54, 1.807) is 24.3 Å². The van der Waals surface area contributed by atoms with Gasteiger partial charge in [-0.15, -0.1) is 0 Å². The Morgan fingerprint density at radius 1 is 0.880 bits per heavy atom. The molecule has 2 aromatic carbocycles. The fraction of sp³-hybridized carbons (Fsp3) is 0.300. The van der Waals surface area contributed by atoms with Crippen LogP contribution in [0, 0.1) is 5.92 Å². The standard InChI is InChI=1S/C20H24N2O3/c1-15(2)12-19(23)21-17-8-10-18(11-9-17)22-20(24)14-25-13-16-6-4-3-5-7-16/h3-11,15H,12-14H2,1-2H3,(H,21,23)(H,22,24). The van der Waals surface area contributed by atoms with Crippen LogP contribution in [0.5, 0.6) is 0 Å². The topological polar surface area (TPSA) is 67.4 Å². The first-order valence-corrected chi connectivity index (χ1v) is 8.34. The van der Waals surface area contributed by atoms with Crippen LogP contribution >= 0.6 is 0 Å². The molecule has 0 aromatic heterocycles. The molecular formula is C20H24N2O3. The Kier molecular flexibility index (Phi) is 7.16. The minimum Gasteiger partial charge on any atom is -0.367 e. The molecule has 2 aromatic rings. The molecule has 2 rings (SSSR count). The van der Waals surface area contributed by atoms with Crippen LogP contribution in [0.2, 0.25) is 0 Å². The Bertz CT molecular complexity index is 682. The van der Waals surface area contributed by atoms with E-state index in [4.69, 9.17) is 4.74 Å². The highest BCUT2D eigenvalue weighted by Crippen LogP contribution is 2.14. The van der Waals surface area contributed by atoms with E-state index < -0.39 is 0 Å². The van der Waals surface area contributed by atoms with Crippen molar-refractivity contribution < 1.29 is 14.3 Å². The molecule has 0 saturated carbocycles. The monoisotopic (exact) mass is 340 g/mol. The zero-order valence-corrected chi connectivity index (χ0v) is 14.6. The van der Waals surface area contributed by atoms with Gasteiger partial charge in [0.05, 0.1) is 6.61 Å². The van der Waals surface area contributed by atoms with Crippen LogP contribution < -0.4 is 10.6 Å². The van der Waals surface area contributed by atoms with Crippen molar-refractivity contribution in [1.82, 2.24) is 0 Å². The van der Waals surface area contributed by atoms with Crippen molar-refractivity contribution in [2.24, 2.45) is 5.92 Å². The van der Waals surface area contributed by atoms with E-state index in [0.717, 1.165) is 5.56 Å². The largest absolute Gasteiger partial charge is 0.367 e. The predicted molar refractivity (Wildman–Crippen MR) is 99.3 cm³/mol.